The summed E-state index contributed by atoms with van der Waals surface area (Å²) >= 11 is 12.3. The zero-order valence-corrected chi connectivity index (χ0v) is 14.2. The number of benzene rings is 2. The van der Waals surface area contributed by atoms with Crippen molar-refractivity contribution in [2.75, 3.05) is 7.11 Å². The number of hydrogen-bond acceptors (Lipinski definition) is 4. The Morgan fingerprint density at radius 3 is 2.33 bits per heavy atom. The Kier molecular flexibility index (Phi) is 6.09. The van der Waals surface area contributed by atoms with Gasteiger partial charge >= 0.3 is 0 Å². The quantitative estimate of drug-likeness (QED) is 0.704. The summed E-state index contributed by atoms with van der Waals surface area (Å²) in [7, 11) is 1.52. The summed E-state index contributed by atoms with van der Waals surface area (Å²) in [5.41, 5.74) is 1.31. The van der Waals surface area contributed by atoms with Crippen LogP contribution in [0.5, 0.6) is 11.5 Å². The molecule has 0 saturated heterocycles. The molecule has 0 aliphatic heterocycles. The summed E-state index contributed by atoms with van der Waals surface area (Å²) < 4.78 is 11.0. The summed E-state index contributed by atoms with van der Waals surface area (Å²) in [5.74, 6) is 0.975. The molecule has 0 amide bonds. The largest absolute Gasteiger partial charge is 0.493 e. The second-order valence-corrected chi connectivity index (χ2v) is 5.50. The molecule has 0 radical (unpaired) electrons. The molecular weight excluding hydrogens is 347 g/mol. The van der Waals surface area contributed by atoms with Crippen LogP contribution in [0.4, 0.5) is 0 Å². The van der Waals surface area contributed by atoms with Crippen LogP contribution in [0, 0.1) is 22.7 Å². The summed E-state index contributed by atoms with van der Waals surface area (Å²) in [6.45, 7) is 0.158. The summed E-state index contributed by atoms with van der Waals surface area (Å²) in [5, 5.41) is 18.7. The van der Waals surface area contributed by atoms with Crippen LogP contribution >= 0.6 is 23.2 Å². The van der Waals surface area contributed by atoms with Crippen molar-refractivity contribution < 1.29 is 9.47 Å². The number of hydrogen-bond donors (Lipinski definition) is 0. The predicted molar refractivity (Wildman–Crippen MR) is 93.0 cm³/mol. The maximum absolute atomic E-state index is 8.84. The van der Waals surface area contributed by atoms with Crippen LogP contribution in [-0.4, -0.2) is 7.11 Å². The third kappa shape index (κ3) is 4.20. The van der Waals surface area contributed by atoms with E-state index in [1.54, 1.807) is 36.4 Å². The van der Waals surface area contributed by atoms with Gasteiger partial charge in [0, 0.05) is 15.6 Å². The second kappa shape index (κ2) is 8.26. The first-order chi connectivity index (χ1) is 11.6. The molecule has 2 aromatic carbocycles. The normalized spacial score (nSPS) is 9.54. The smallest absolute Gasteiger partial charge is 0.162 e. The lowest BCUT2D eigenvalue weighted by atomic mass is 10.1. The van der Waals surface area contributed by atoms with Crippen LogP contribution in [0.15, 0.2) is 42.0 Å². The van der Waals surface area contributed by atoms with Crippen LogP contribution in [0.1, 0.15) is 11.1 Å². The Morgan fingerprint density at radius 2 is 1.75 bits per heavy atom. The monoisotopic (exact) mass is 358 g/mol. The van der Waals surface area contributed by atoms with Crippen LogP contribution in [0.3, 0.4) is 0 Å². The molecule has 0 fully saturated rings. The summed E-state index contributed by atoms with van der Waals surface area (Å²) in [6.07, 6.45) is 1.47. The average molecular weight is 359 g/mol. The van der Waals surface area contributed by atoms with Crippen LogP contribution in [0.25, 0.3) is 6.08 Å². The summed E-state index contributed by atoms with van der Waals surface area (Å²) in [4.78, 5) is 0. The van der Waals surface area contributed by atoms with E-state index >= 15 is 0 Å². The van der Waals surface area contributed by atoms with Crippen molar-refractivity contribution in [3.05, 3.63) is 63.1 Å². The van der Waals surface area contributed by atoms with E-state index in [0.717, 1.165) is 0 Å². The van der Waals surface area contributed by atoms with E-state index < -0.39 is 0 Å². The molecule has 0 spiro atoms. The number of nitriles is 2. The van der Waals surface area contributed by atoms with Gasteiger partial charge in [0.2, 0.25) is 0 Å². The van der Waals surface area contributed by atoms with Gasteiger partial charge in [-0.15, -0.1) is 0 Å². The van der Waals surface area contributed by atoms with Crippen molar-refractivity contribution in [1.82, 2.24) is 0 Å². The molecule has 6 heteroatoms. The van der Waals surface area contributed by atoms with Gasteiger partial charge in [-0.05, 0) is 35.9 Å². The van der Waals surface area contributed by atoms with E-state index in [4.69, 9.17) is 43.2 Å². The van der Waals surface area contributed by atoms with Crippen molar-refractivity contribution >= 4 is 29.3 Å². The highest BCUT2D eigenvalue weighted by molar-refractivity contribution is 6.35. The molecule has 0 bridgehead atoms. The van der Waals surface area contributed by atoms with Crippen molar-refractivity contribution in [1.29, 1.82) is 10.5 Å². The molecule has 0 unspecified atom stereocenters. The lowest BCUT2D eigenvalue weighted by Crippen LogP contribution is -1.99. The zero-order chi connectivity index (χ0) is 17.5. The first-order valence-corrected chi connectivity index (χ1v) is 7.60. The molecule has 120 valence electrons. The Labute approximate surface area is 150 Å². The molecule has 2 rings (SSSR count). The molecule has 2 aromatic rings. The van der Waals surface area contributed by atoms with Gasteiger partial charge < -0.3 is 9.47 Å². The highest BCUT2D eigenvalue weighted by Gasteiger charge is 2.10. The van der Waals surface area contributed by atoms with E-state index in [9.17, 15) is 0 Å². The second-order valence-electron chi connectivity index (χ2n) is 4.68. The maximum atomic E-state index is 8.84. The Bertz CT molecular complexity index is 828. The van der Waals surface area contributed by atoms with Crippen molar-refractivity contribution in [3.63, 3.8) is 0 Å². The van der Waals surface area contributed by atoms with Gasteiger partial charge in [-0.1, -0.05) is 35.3 Å². The third-order valence-electron chi connectivity index (χ3n) is 3.17. The average Bonchev–Trinajstić information content (AvgIpc) is 2.59. The van der Waals surface area contributed by atoms with Gasteiger partial charge in [0.1, 0.15) is 24.3 Å². The van der Waals surface area contributed by atoms with Gasteiger partial charge in [-0.25, -0.2) is 0 Å². The van der Waals surface area contributed by atoms with Crippen LogP contribution < -0.4 is 9.47 Å². The number of nitrogens with zero attached hydrogens (tertiary/aromatic N) is 2. The zero-order valence-electron chi connectivity index (χ0n) is 12.7. The predicted octanol–water partition coefficient (Wildman–Crippen LogP) is 5.01. The fourth-order valence-electron chi connectivity index (χ4n) is 1.97. The molecule has 0 aliphatic rings. The Morgan fingerprint density at radius 1 is 1.08 bits per heavy atom. The number of allylic oxidation sites excluding steroid dienone is 1. The van der Waals surface area contributed by atoms with Gasteiger partial charge in [0.05, 0.1) is 7.11 Å². The van der Waals surface area contributed by atoms with Gasteiger partial charge in [0.25, 0.3) is 0 Å². The number of rotatable bonds is 5. The van der Waals surface area contributed by atoms with Gasteiger partial charge in [-0.3, -0.25) is 0 Å². The van der Waals surface area contributed by atoms with Gasteiger partial charge in [0.15, 0.2) is 11.5 Å². The van der Waals surface area contributed by atoms with Crippen LogP contribution in [-0.2, 0) is 6.61 Å². The molecule has 0 aliphatic carbocycles. The third-order valence-corrected chi connectivity index (χ3v) is 3.88. The molecule has 0 saturated carbocycles. The van der Waals surface area contributed by atoms with E-state index in [0.29, 0.717) is 32.7 Å². The molecule has 0 aromatic heterocycles. The number of methoxy groups -OCH3 is 1. The molecule has 0 atom stereocenters. The highest BCUT2D eigenvalue weighted by Crippen LogP contribution is 2.32. The lowest BCUT2D eigenvalue weighted by Gasteiger charge is -2.13. The van der Waals surface area contributed by atoms with Crippen molar-refractivity contribution in [2.45, 2.75) is 6.61 Å². The minimum Gasteiger partial charge on any atom is -0.493 e. The molecule has 0 heterocycles. The minimum atomic E-state index is 0.000245. The SMILES string of the molecule is COc1ccc(C=C(C#N)C#N)cc1OCc1c(Cl)cccc1Cl. The fraction of sp³-hybridized carbons (Fsp3) is 0.111. The lowest BCUT2D eigenvalue weighted by molar-refractivity contribution is 0.284. The standard InChI is InChI=1S/C18H12Cl2N2O2/c1-23-17-6-5-12(7-13(9-21)10-22)8-18(17)24-11-14-15(19)3-2-4-16(14)20/h2-8H,11H2,1H3. The van der Waals surface area contributed by atoms with Crippen molar-refractivity contribution in [2.24, 2.45) is 0 Å². The Balaban J connectivity index is 2.31. The topological polar surface area (TPSA) is 66.0 Å². The Hall–Kier alpha value is -2.66. The van der Waals surface area contributed by atoms with E-state index in [2.05, 4.69) is 0 Å². The molecule has 24 heavy (non-hydrogen) atoms. The van der Waals surface area contributed by atoms with E-state index in [1.165, 1.54) is 13.2 Å². The van der Waals surface area contributed by atoms with Crippen LogP contribution in [0.2, 0.25) is 10.0 Å². The van der Waals surface area contributed by atoms with Gasteiger partial charge in [-0.2, -0.15) is 10.5 Å². The fourth-order valence-corrected chi connectivity index (χ4v) is 2.48. The molecule has 4 nitrogen and oxygen atoms in total. The summed E-state index contributed by atoms with van der Waals surface area (Å²) in [6, 6.07) is 13.9. The molecular formula is C18H12Cl2N2O2. The maximum Gasteiger partial charge on any atom is 0.162 e. The first-order valence-electron chi connectivity index (χ1n) is 6.84. The first kappa shape index (κ1) is 17.7. The number of halogens is 2. The minimum absolute atomic E-state index is 0.000245. The number of ether oxygens (including phenoxy) is 2. The van der Waals surface area contributed by atoms with Crippen molar-refractivity contribution in [3.8, 4) is 23.6 Å². The highest BCUT2D eigenvalue weighted by atomic mass is 35.5. The molecule has 0 N–H and O–H groups in total. The van der Waals surface area contributed by atoms with E-state index in [-0.39, 0.29) is 12.2 Å². The van der Waals surface area contributed by atoms with E-state index in [1.807, 2.05) is 12.1 Å².